The molecular weight excluding hydrogens is 454 g/mol. The molecule has 0 spiro atoms. The Bertz CT molecular complexity index is 1310. The number of nitrogens with zero attached hydrogens (tertiary/aromatic N) is 2. The van der Waals surface area contributed by atoms with Crippen LogP contribution >= 0.6 is 11.6 Å². The Balaban J connectivity index is 1.54. The molecule has 0 bridgehead atoms. The second-order valence-corrected chi connectivity index (χ2v) is 9.48. The molecule has 0 saturated carbocycles. The Hall–Kier alpha value is -3.43. The molecule has 0 atom stereocenters. The number of nitro benzene ring substituents is 1. The Morgan fingerprint density at radius 2 is 1.78 bits per heavy atom. The minimum atomic E-state index is -3.76. The maximum atomic E-state index is 13.2. The minimum absolute atomic E-state index is 0.0581. The normalized spacial score (nSPS) is 13.3. The van der Waals surface area contributed by atoms with Crippen molar-refractivity contribution in [3.63, 3.8) is 0 Å². The molecule has 32 heavy (non-hydrogen) atoms. The van der Waals surface area contributed by atoms with Gasteiger partial charge in [-0.05, 0) is 60.9 Å². The van der Waals surface area contributed by atoms with Crippen LogP contribution in [0.5, 0.6) is 0 Å². The summed E-state index contributed by atoms with van der Waals surface area (Å²) in [4.78, 5) is 22.9. The number of amides is 1. The summed E-state index contributed by atoms with van der Waals surface area (Å²) < 4.78 is 27.8. The van der Waals surface area contributed by atoms with Crippen LogP contribution in [0.15, 0.2) is 71.6 Å². The smallest absolute Gasteiger partial charge is 0.288 e. The van der Waals surface area contributed by atoms with Gasteiger partial charge in [-0.25, -0.2) is 8.42 Å². The van der Waals surface area contributed by atoms with Crippen molar-refractivity contribution in [1.29, 1.82) is 0 Å². The fourth-order valence-electron chi connectivity index (χ4n) is 3.58. The molecule has 3 aromatic carbocycles. The molecule has 0 fully saturated rings. The third kappa shape index (κ3) is 4.17. The SMILES string of the molecule is O=C(Nc1ccc(S(=O)(=O)N2CCCc3ccccc32)cc1)c1ccc(Cl)c([N+](=O)[O-])c1. The fourth-order valence-corrected chi connectivity index (χ4v) is 5.31. The lowest BCUT2D eigenvalue weighted by atomic mass is 10.0. The number of carbonyl (C=O) groups excluding carboxylic acids is 1. The molecule has 1 N–H and O–H groups in total. The number of nitro groups is 1. The first-order valence-corrected chi connectivity index (χ1v) is 11.6. The largest absolute Gasteiger partial charge is 0.322 e. The molecule has 1 aliphatic heterocycles. The summed E-state index contributed by atoms with van der Waals surface area (Å²) in [6.45, 7) is 0.396. The number of nitrogens with one attached hydrogen (secondary N) is 1. The molecule has 0 unspecified atom stereocenters. The monoisotopic (exact) mass is 471 g/mol. The van der Waals surface area contributed by atoms with E-state index in [2.05, 4.69) is 5.32 Å². The van der Waals surface area contributed by atoms with Crippen molar-refractivity contribution in [2.75, 3.05) is 16.2 Å². The number of sulfonamides is 1. The van der Waals surface area contributed by atoms with E-state index in [0.29, 0.717) is 17.9 Å². The number of hydrogen-bond donors (Lipinski definition) is 1. The number of carbonyl (C=O) groups is 1. The number of rotatable bonds is 5. The third-order valence-corrected chi connectivity index (χ3v) is 7.32. The van der Waals surface area contributed by atoms with E-state index in [1.807, 2.05) is 18.2 Å². The zero-order valence-corrected chi connectivity index (χ0v) is 18.3. The van der Waals surface area contributed by atoms with Crippen molar-refractivity contribution in [2.45, 2.75) is 17.7 Å². The summed E-state index contributed by atoms with van der Waals surface area (Å²) in [6, 6.07) is 17.0. The van der Waals surface area contributed by atoms with Gasteiger partial charge in [-0.2, -0.15) is 0 Å². The Kier molecular flexibility index (Phi) is 5.86. The van der Waals surface area contributed by atoms with Crippen LogP contribution in [0.1, 0.15) is 22.3 Å². The molecule has 0 aromatic heterocycles. The fraction of sp³-hybridized carbons (Fsp3) is 0.136. The predicted octanol–water partition coefficient (Wildman–Crippen LogP) is 4.64. The maximum absolute atomic E-state index is 13.2. The van der Waals surface area contributed by atoms with Gasteiger partial charge in [0, 0.05) is 23.9 Å². The van der Waals surface area contributed by atoms with Crippen LogP contribution in [0.25, 0.3) is 0 Å². The number of anilines is 2. The van der Waals surface area contributed by atoms with Gasteiger partial charge in [0.05, 0.1) is 15.5 Å². The third-order valence-electron chi connectivity index (χ3n) is 5.17. The van der Waals surface area contributed by atoms with Crippen molar-refractivity contribution in [3.05, 3.63) is 93.0 Å². The molecule has 0 aliphatic carbocycles. The maximum Gasteiger partial charge on any atom is 0.288 e. The average Bonchev–Trinajstić information content (AvgIpc) is 2.79. The van der Waals surface area contributed by atoms with Crippen molar-refractivity contribution in [2.24, 2.45) is 0 Å². The standard InChI is InChI=1S/C22H18ClN3O5S/c23-19-12-7-16(14-21(19)26(28)29)22(27)24-17-8-10-18(11-9-17)32(30,31)25-13-3-5-15-4-1-2-6-20(15)25/h1-2,4,6-12,14H,3,5,13H2,(H,24,27). The highest BCUT2D eigenvalue weighted by Gasteiger charge is 2.28. The van der Waals surface area contributed by atoms with Gasteiger partial charge in [0.15, 0.2) is 0 Å². The minimum Gasteiger partial charge on any atom is -0.322 e. The van der Waals surface area contributed by atoms with Gasteiger partial charge in [0.1, 0.15) is 5.02 Å². The number of aryl methyl sites for hydroxylation is 1. The highest BCUT2D eigenvalue weighted by molar-refractivity contribution is 7.92. The molecule has 8 nitrogen and oxygen atoms in total. The van der Waals surface area contributed by atoms with Gasteiger partial charge in [0.2, 0.25) is 0 Å². The first-order valence-electron chi connectivity index (χ1n) is 9.73. The molecule has 1 aliphatic rings. The topological polar surface area (TPSA) is 110 Å². The van der Waals surface area contributed by atoms with E-state index in [9.17, 15) is 23.3 Å². The van der Waals surface area contributed by atoms with Crippen LogP contribution in [0.4, 0.5) is 17.1 Å². The van der Waals surface area contributed by atoms with E-state index in [1.54, 1.807) is 6.07 Å². The highest BCUT2D eigenvalue weighted by atomic mass is 35.5. The molecule has 0 saturated heterocycles. The summed E-state index contributed by atoms with van der Waals surface area (Å²) in [5.74, 6) is -0.578. The van der Waals surface area contributed by atoms with E-state index in [-0.39, 0.29) is 21.2 Å². The quantitative estimate of drug-likeness (QED) is 0.430. The number of benzene rings is 3. The van der Waals surface area contributed by atoms with Crippen LogP contribution in [0.2, 0.25) is 5.02 Å². The van der Waals surface area contributed by atoms with E-state index in [4.69, 9.17) is 11.6 Å². The second kappa shape index (κ2) is 8.60. The molecule has 0 radical (unpaired) electrons. The Morgan fingerprint density at radius 3 is 2.50 bits per heavy atom. The summed E-state index contributed by atoms with van der Waals surface area (Å²) in [5.41, 5.74) is 1.71. The van der Waals surface area contributed by atoms with Gasteiger partial charge in [-0.1, -0.05) is 29.8 Å². The Morgan fingerprint density at radius 1 is 1.06 bits per heavy atom. The van der Waals surface area contributed by atoms with Crippen molar-refractivity contribution in [3.8, 4) is 0 Å². The number of halogens is 1. The van der Waals surface area contributed by atoms with Gasteiger partial charge in [0.25, 0.3) is 21.6 Å². The molecule has 4 rings (SSSR count). The highest BCUT2D eigenvalue weighted by Crippen LogP contribution is 2.32. The van der Waals surface area contributed by atoms with Crippen molar-refractivity contribution < 1.29 is 18.1 Å². The van der Waals surface area contributed by atoms with Crippen molar-refractivity contribution >= 4 is 44.6 Å². The van der Waals surface area contributed by atoms with E-state index in [1.165, 1.54) is 40.7 Å². The molecule has 1 heterocycles. The lowest BCUT2D eigenvalue weighted by Crippen LogP contribution is -2.35. The summed E-state index contributed by atoms with van der Waals surface area (Å²) in [5, 5.41) is 13.6. The zero-order chi connectivity index (χ0) is 22.9. The van der Waals surface area contributed by atoms with Crippen LogP contribution in [0.3, 0.4) is 0 Å². The number of para-hydroxylation sites is 1. The number of fused-ring (bicyclic) bond motifs is 1. The summed E-state index contributed by atoms with van der Waals surface area (Å²) in [6.07, 6.45) is 1.56. The predicted molar refractivity (Wildman–Crippen MR) is 122 cm³/mol. The van der Waals surface area contributed by atoms with Gasteiger partial charge in [-0.15, -0.1) is 0 Å². The van der Waals surface area contributed by atoms with Gasteiger partial charge >= 0.3 is 0 Å². The lowest BCUT2D eigenvalue weighted by Gasteiger charge is -2.30. The average molecular weight is 472 g/mol. The van der Waals surface area contributed by atoms with E-state index in [0.717, 1.165) is 24.5 Å². The first-order chi connectivity index (χ1) is 15.3. The van der Waals surface area contributed by atoms with Gasteiger partial charge < -0.3 is 5.32 Å². The lowest BCUT2D eigenvalue weighted by molar-refractivity contribution is -0.384. The van der Waals surface area contributed by atoms with Crippen molar-refractivity contribution in [1.82, 2.24) is 0 Å². The molecule has 10 heteroatoms. The van der Waals surface area contributed by atoms with Crippen LogP contribution in [0, 0.1) is 10.1 Å². The second-order valence-electron chi connectivity index (χ2n) is 7.21. The zero-order valence-electron chi connectivity index (χ0n) is 16.7. The summed E-state index contributed by atoms with van der Waals surface area (Å²) in [7, 11) is -3.76. The number of hydrogen-bond acceptors (Lipinski definition) is 5. The molecular formula is C22H18ClN3O5S. The van der Waals surface area contributed by atoms with Crippen LogP contribution in [-0.2, 0) is 16.4 Å². The molecule has 1 amide bonds. The van der Waals surface area contributed by atoms with Crippen LogP contribution in [-0.4, -0.2) is 25.8 Å². The van der Waals surface area contributed by atoms with Gasteiger partial charge in [-0.3, -0.25) is 19.2 Å². The molecule has 164 valence electrons. The van der Waals surface area contributed by atoms with Crippen LogP contribution < -0.4 is 9.62 Å². The molecule has 3 aromatic rings. The first kappa shape index (κ1) is 21.8. The summed E-state index contributed by atoms with van der Waals surface area (Å²) >= 11 is 5.78. The van der Waals surface area contributed by atoms with E-state index >= 15 is 0 Å². The van der Waals surface area contributed by atoms with E-state index < -0.39 is 20.9 Å². The Labute approximate surface area is 189 Å².